The van der Waals surface area contributed by atoms with Gasteiger partial charge >= 0.3 is 0 Å². The molecule has 0 radical (unpaired) electrons. The van der Waals surface area contributed by atoms with Gasteiger partial charge in [0.25, 0.3) is 0 Å². The first-order chi connectivity index (χ1) is 9.40. The lowest BCUT2D eigenvalue weighted by Gasteiger charge is -2.12. The summed E-state index contributed by atoms with van der Waals surface area (Å²) >= 11 is 0. The minimum Gasteiger partial charge on any atom is -0.314 e. The Hall–Kier alpha value is -1.12. The Balaban J connectivity index is 2.06. The maximum absolute atomic E-state index is 13.4. The number of nitrogens with one attached hydrogen (secondary N) is 2. The molecule has 1 aromatic carbocycles. The van der Waals surface area contributed by atoms with Gasteiger partial charge < -0.3 is 5.32 Å². The van der Waals surface area contributed by atoms with Gasteiger partial charge in [-0.25, -0.2) is 26.3 Å². The van der Waals surface area contributed by atoms with Crippen LogP contribution < -0.4 is 10.0 Å². The number of benzene rings is 1. The van der Waals surface area contributed by atoms with Crippen LogP contribution in [0.2, 0.25) is 0 Å². The molecule has 8 heteroatoms. The molecular formula is C12H15F3N2O2S. The van der Waals surface area contributed by atoms with Crippen molar-refractivity contribution in [3.63, 3.8) is 0 Å². The van der Waals surface area contributed by atoms with Gasteiger partial charge in [-0.3, -0.25) is 0 Å². The third-order valence-corrected chi connectivity index (χ3v) is 4.69. The van der Waals surface area contributed by atoms with Gasteiger partial charge in [0, 0.05) is 24.7 Å². The van der Waals surface area contributed by atoms with Gasteiger partial charge in [0.2, 0.25) is 10.0 Å². The van der Waals surface area contributed by atoms with Crippen LogP contribution in [0, 0.1) is 17.5 Å². The Bertz CT molecular complexity index is 563. The monoisotopic (exact) mass is 308 g/mol. The van der Waals surface area contributed by atoms with E-state index in [9.17, 15) is 21.6 Å². The van der Waals surface area contributed by atoms with E-state index in [1.165, 1.54) is 0 Å². The summed E-state index contributed by atoms with van der Waals surface area (Å²) in [5, 5.41) is 3.18. The molecule has 1 aliphatic heterocycles. The van der Waals surface area contributed by atoms with Crippen molar-refractivity contribution in [3.8, 4) is 0 Å². The van der Waals surface area contributed by atoms with Gasteiger partial charge in [0.15, 0.2) is 4.90 Å². The van der Waals surface area contributed by atoms with E-state index in [-0.39, 0.29) is 12.6 Å². The van der Waals surface area contributed by atoms with Gasteiger partial charge in [0.05, 0.1) is 0 Å². The fourth-order valence-corrected chi connectivity index (χ4v) is 3.39. The van der Waals surface area contributed by atoms with Crippen LogP contribution in [0.15, 0.2) is 17.0 Å². The van der Waals surface area contributed by atoms with E-state index in [0.29, 0.717) is 18.6 Å². The SMILES string of the molecule is O=S(=O)(NCCC1CCCN1)c1c(F)cc(F)cc1F. The number of hydrogen-bond donors (Lipinski definition) is 2. The smallest absolute Gasteiger partial charge is 0.246 e. The normalized spacial score (nSPS) is 19.4. The number of hydrogen-bond acceptors (Lipinski definition) is 3. The molecule has 1 atom stereocenters. The lowest BCUT2D eigenvalue weighted by atomic mass is 10.2. The third-order valence-electron chi connectivity index (χ3n) is 3.18. The van der Waals surface area contributed by atoms with Crippen LogP contribution in [-0.4, -0.2) is 27.5 Å². The Morgan fingerprint density at radius 2 is 1.90 bits per heavy atom. The summed E-state index contributed by atoms with van der Waals surface area (Å²) in [6.45, 7) is 0.953. The second kappa shape index (κ2) is 6.11. The summed E-state index contributed by atoms with van der Waals surface area (Å²) in [4.78, 5) is -1.14. The van der Waals surface area contributed by atoms with Crippen LogP contribution in [0.1, 0.15) is 19.3 Å². The molecule has 1 saturated heterocycles. The highest BCUT2D eigenvalue weighted by Gasteiger charge is 2.25. The summed E-state index contributed by atoms with van der Waals surface area (Å²) in [5.41, 5.74) is 0. The van der Waals surface area contributed by atoms with E-state index in [0.717, 1.165) is 19.4 Å². The average Bonchev–Trinajstić information content (AvgIpc) is 2.79. The first kappa shape index (κ1) is 15.3. The van der Waals surface area contributed by atoms with Crippen molar-refractivity contribution in [2.75, 3.05) is 13.1 Å². The maximum Gasteiger partial charge on any atom is 0.246 e. The largest absolute Gasteiger partial charge is 0.314 e. The molecule has 2 rings (SSSR count). The molecule has 0 spiro atoms. The Morgan fingerprint density at radius 1 is 1.25 bits per heavy atom. The van der Waals surface area contributed by atoms with Crippen molar-refractivity contribution in [1.29, 1.82) is 0 Å². The maximum atomic E-state index is 13.4. The van der Waals surface area contributed by atoms with Crippen LogP contribution in [0.25, 0.3) is 0 Å². The predicted octanol–water partition coefficient (Wildman–Crippen LogP) is 1.52. The van der Waals surface area contributed by atoms with Crippen molar-refractivity contribution in [2.45, 2.75) is 30.2 Å². The molecule has 0 saturated carbocycles. The molecule has 0 amide bonds. The van der Waals surface area contributed by atoms with Crippen molar-refractivity contribution < 1.29 is 21.6 Å². The summed E-state index contributed by atoms with van der Waals surface area (Å²) in [5.74, 6) is -4.03. The van der Waals surface area contributed by atoms with E-state index in [1.54, 1.807) is 0 Å². The zero-order valence-corrected chi connectivity index (χ0v) is 11.4. The zero-order valence-electron chi connectivity index (χ0n) is 10.6. The highest BCUT2D eigenvalue weighted by atomic mass is 32.2. The highest BCUT2D eigenvalue weighted by Crippen LogP contribution is 2.20. The minimum absolute atomic E-state index is 0.0657. The molecule has 1 unspecified atom stereocenters. The molecule has 20 heavy (non-hydrogen) atoms. The van der Waals surface area contributed by atoms with E-state index >= 15 is 0 Å². The van der Waals surface area contributed by atoms with Crippen LogP contribution in [0.4, 0.5) is 13.2 Å². The van der Waals surface area contributed by atoms with Crippen LogP contribution in [0.3, 0.4) is 0 Å². The molecule has 1 aromatic rings. The van der Waals surface area contributed by atoms with Gasteiger partial charge in [-0.1, -0.05) is 0 Å². The standard InChI is InChI=1S/C12H15F3N2O2S/c13-8-6-10(14)12(11(15)7-8)20(18,19)17-5-3-9-2-1-4-16-9/h6-7,9,16-17H,1-5H2. The van der Waals surface area contributed by atoms with Crippen LogP contribution >= 0.6 is 0 Å². The molecule has 0 bridgehead atoms. The van der Waals surface area contributed by atoms with Crippen LogP contribution in [0.5, 0.6) is 0 Å². The first-order valence-electron chi connectivity index (χ1n) is 6.28. The molecule has 0 aliphatic carbocycles. The van der Waals surface area contributed by atoms with E-state index in [4.69, 9.17) is 0 Å². The van der Waals surface area contributed by atoms with Gasteiger partial charge in [-0.2, -0.15) is 0 Å². The lowest BCUT2D eigenvalue weighted by Crippen LogP contribution is -2.31. The predicted molar refractivity (Wildman–Crippen MR) is 67.1 cm³/mol. The first-order valence-corrected chi connectivity index (χ1v) is 7.76. The second-order valence-corrected chi connectivity index (χ2v) is 6.38. The number of halogens is 3. The summed E-state index contributed by atoms with van der Waals surface area (Å²) in [6, 6.07) is 0.896. The molecule has 2 N–H and O–H groups in total. The Morgan fingerprint density at radius 3 is 2.45 bits per heavy atom. The molecule has 1 aliphatic rings. The third kappa shape index (κ3) is 3.50. The Kier molecular flexibility index (Phi) is 4.66. The molecular weight excluding hydrogens is 293 g/mol. The Labute approximate surface area is 115 Å². The molecule has 1 fully saturated rings. The average molecular weight is 308 g/mol. The summed E-state index contributed by atoms with van der Waals surface area (Å²) < 4.78 is 65.4. The topological polar surface area (TPSA) is 58.2 Å². The fourth-order valence-electron chi connectivity index (χ4n) is 2.23. The lowest BCUT2D eigenvalue weighted by molar-refractivity contribution is 0.491. The molecule has 1 heterocycles. The van der Waals surface area contributed by atoms with Gasteiger partial charge in [-0.05, 0) is 25.8 Å². The van der Waals surface area contributed by atoms with E-state index < -0.39 is 32.4 Å². The zero-order chi connectivity index (χ0) is 14.8. The van der Waals surface area contributed by atoms with Gasteiger partial charge in [0.1, 0.15) is 17.5 Å². The van der Waals surface area contributed by atoms with Crippen molar-refractivity contribution >= 4 is 10.0 Å². The number of sulfonamides is 1. The molecule has 4 nitrogen and oxygen atoms in total. The number of rotatable bonds is 5. The molecule has 0 aromatic heterocycles. The van der Waals surface area contributed by atoms with E-state index in [2.05, 4.69) is 10.0 Å². The van der Waals surface area contributed by atoms with Crippen LogP contribution in [-0.2, 0) is 10.0 Å². The fraction of sp³-hybridized carbons (Fsp3) is 0.500. The second-order valence-electron chi connectivity index (χ2n) is 4.68. The van der Waals surface area contributed by atoms with E-state index in [1.807, 2.05) is 0 Å². The minimum atomic E-state index is -4.32. The molecule has 112 valence electrons. The van der Waals surface area contributed by atoms with Crippen molar-refractivity contribution in [2.24, 2.45) is 0 Å². The highest BCUT2D eigenvalue weighted by molar-refractivity contribution is 7.89. The quantitative estimate of drug-likeness (QED) is 0.867. The summed E-state index contributed by atoms with van der Waals surface area (Å²) in [7, 11) is -4.32. The summed E-state index contributed by atoms with van der Waals surface area (Å²) in [6.07, 6.45) is 2.50. The van der Waals surface area contributed by atoms with Gasteiger partial charge in [-0.15, -0.1) is 0 Å². The van der Waals surface area contributed by atoms with Crippen molar-refractivity contribution in [1.82, 2.24) is 10.0 Å². The van der Waals surface area contributed by atoms with Crippen molar-refractivity contribution in [3.05, 3.63) is 29.6 Å².